The average molecular weight is 493 g/mol. The molecule has 0 aliphatic heterocycles. The molecule has 0 bridgehead atoms. The first kappa shape index (κ1) is 20.9. The summed E-state index contributed by atoms with van der Waals surface area (Å²) in [4.78, 5) is 0. The van der Waals surface area contributed by atoms with Gasteiger partial charge in [0, 0.05) is 62.6 Å². The lowest BCUT2D eigenvalue weighted by Crippen LogP contribution is -1.90. The van der Waals surface area contributed by atoms with E-state index < -0.39 is 0 Å². The largest absolute Gasteiger partial charge is 0.192 e. The fourth-order valence-corrected chi connectivity index (χ4v) is 7.83. The van der Waals surface area contributed by atoms with E-state index in [4.69, 9.17) is 0 Å². The number of thiophene rings is 2. The van der Waals surface area contributed by atoms with E-state index in [0.29, 0.717) is 11.1 Å². The molecule has 7 aromatic rings. The van der Waals surface area contributed by atoms with Crippen LogP contribution in [0.15, 0.2) is 97.1 Å². The van der Waals surface area contributed by atoms with Crippen molar-refractivity contribution >= 4 is 63.0 Å². The van der Waals surface area contributed by atoms with Gasteiger partial charge in [-0.2, -0.15) is 10.5 Å². The number of fused-ring (bicyclic) bond motifs is 6. The van der Waals surface area contributed by atoms with E-state index in [1.807, 2.05) is 36.4 Å². The third-order valence-corrected chi connectivity index (χ3v) is 9.16. The van der Waals surface area contributed by atoms with Gasteiger partial charge in [-0.3, -0.25) is 0 Å². The maximum Gasteiger partial charge on any atom is 0.0998 e. The maximum absolute atomic E-state index is 10.0. The second-order valence-electron chi connectivity index (χ2n) is 8.67. The van der Waals surface area contributed by atoms with Crippen LogP contribution in [-0.2, 0) is 0 Å². The van der Waals surface area contributed by atoms with Gasteiger partial charge >= 0.3 is 0 Å². The van der Waals surface area contributed by atoms with Gasteiger partial charge in [-0.15, -0.1) is 22.7 Å². The Hall–Kier alpha value is -4.48. The van der Waals surface area contributed by atoms with Gasteiger partial charge in [0.15, 0.2) is 0 Å². The summed E-state index contributed by atoms with van der Waals surface area (Å²) in [7, 11) is 0. The van der Waals surface area contributed by atoms with Gasteiger partial charge in [0.05, 0.1) is 23.3 Å². The van der Waals surface area contributed by atoms with Gasteiger partial charge in [0.1, 0.15) is 0 Å². The Morgan fingerprint density at radius 3 is 1.31 bits per heavy atom. The number of nitrogens with zero attached hydrogens (tertiary/aromatic N) is 2. The zero-order valence-corrected chi connectivity index (χ0v) is 20.6. The lowest BCUT2D eigenvalue weighted by Gasteiger charge is -2.15. The molecule has 0 aliphatic rings. The molecule has 0 amide bonds. The summed E-state index contributed by atoms with van der Waals surface area (Å²) in [5.41, 5.74) is 5.44. The molecule has 4 heteroatoms. The fourth-order valence-electron chi connectivity index (χ4n) is 5.28. The maximum atomic E-state index is 10.0. The molecule has 2 heterocycles. The Kier molecular flexibility index (Phi) is 4.66. The predicted octanol–water partition coefficient (Wildman–Crippen LogP) is 9.50. The summed E-state index contributed by atoms with van der Waals surface area (Å²) < 4.78 is 4.69. The van der Waals surface area contributed by atoms with Crippen molar-refractivity contribution in [1.82, 2.24) is 0 Å². The number of benzene rings is 5. The minimum atomic E-state index is 0.665. The van der Waals surface area contributed by atoms with E-state index in [0.717, 1.165) is 42.4 Å². The first-order valence-corrected chi connectivity index (χ1v) is 13.2. The molecule has 0 fully saturated rings. The molecule has 0 saturated heterocycles. The van der Waals surface area contributed by atoms with Crippen molar-refractivity contribution in [1.29, 1.82) is 10.5 Å². The van der Waals surface area contributed by atoms with Crippen molar-refractivity contribution in [3.05, 3.63) is 108 Å². The highest BCUT2D eigenvalue weighted by Crippen LogP contribution is 2.54. The number of hydrogen-bond donors (Lipinski definition) is 0. The molecule has 166 valence electrons. The predicted molar refractivity (Wildman–Crippen MR) is 153 cm³/mol. The highest BCUT2D eigenvalue weighted by molar-refractivity contribution is 7.28. The Bertz CT molecular complexity index is 1930. The van der Waals surface area contributed by atoms with Crippen molar-refractivity contribution < 1.29 is 0 Å². The smallest absolute Gasteiger partial charge is 0.0998 e. The Balaban J connectivity index is 1.85. The van der Waals surface area contributed by atoms with Gasteiger partial charge < -0.3 is 0 Å². The van der Waals surface area contributed by atoms with E-state index >= 15 is 0 Å². The van der Waals surface area contributed by atoms with Crippen LogP contribution in [0.2, 0.25) is 0 Å². The second-order valence-corrected chi connectivity index (χ2v) is 10.8. The molecule has 0 N–H and O–H groups in total. The molecule has 0 saturated carbocycles. The van der Waals surface area contributed by atoms with Crippen molar-refractivity contribution in [3.8, 4) is 34.4 Å². The third-order valence-electron chi connectivity index (χ3n) is 6.78. The van der Waals surface area contributed by atoms with Gasteiger partial charge in [-0.05, 0) is 24.3 Å². The zero-order chi connectivity index (χ0) is 24.2. The number of hydrogen-bond acceptors (Lipinski definition) is 4. The number of rotatable bonds is 2. The van der Waals surface area contributed by atoms with Gasteiger partial charge in [-0.1, -0.05) is 72.8 Å². The summed E-state index contributed by atoms with van der Waals surface area (Å²) in [5, 5.41) is 24.8. The van der Waals surface area contributed by atoms with Crippen LogP contribution in [0.3, 0.4) is 0 Å². The van der Waals surface area contributed by atoms with Crippen LogP contribution >= 0.6 is 22.7 Å². The summed E-state index contributed by atoms with van der Waals surface area (Å²) in [6.07, 6.45) is 0. The molecule has 7 rings (SSSR count). The zero-order valence-electron chi connectivity index (χ0n) is 18.9. The van der Waals surface area contributed by atoms with Crippen molar-refractivity contribution in [2.45, 2.75) is 0 Å². The second kappa shape index (κ2) is 8.04. The lowest BCUT2D eigenvalue weighted by atomic mass is 9.88. The van der Waals surface area contributed by atoms with Crippen molar-refractivity contribution in [3.63, 3.8) is 0 Å². The molecule has 0 aliphatic carbocycles. The summed E-state index contributed by atoms with van der Waals surface area (Å²) >= 11 is 3.53. The van der Waals surface area contributed by atoms with Crippen LogP contribution in [0.4, 0.5) is 0 Å². The first-order chi connectivity index (χ1) is 17.8. The Morgan fingerprint density at radius 2 is 0.861 bits per heavy atom. The van der Waals surface area contributed by atoms with E-state index in [-0.39, 0.29) is 0 Å². The van der Waals surface area contributed by atoms with Crippen LogP contribution in [0.25, 0.3) is 62.6 Å². The van der Waals surface area contributed by atoms with Gasteiger partial charge in [-0.25, -0.2) is 0 Å². The van der Waals surface area contributed by atoms with Gasteiger partial charge in [0.2, 0.25) is 0 Å². The normalized spacial score (nSPS) is 11.3. The van der Waals surface area contributed by atoms with Crippen LogP contribution in [0.5, 0.6) is 0 Å². The minimum absolute atomic E-state index is 0.665. The molecule has 0 spiro atoms. The SMILES string of the molecule is N#Cc1ccccc1-c1c2sc3ccccc3c2c(-c2ccccc2C#N)c2sc3ccccc3c12. The summed E-state index contributed by atoms with van der Waals surface area (Å²) in [6, 6.07) is 37.6. The average Bonchev–Trinajstić information content (AvgIpc) is 3.51. The van der Waals surface area contributed by atoms with Gasteiger partial charge in [0.25, 0.3) is 0 Å². The third kappa shape index (κ3) is 2.87. The first-order valence-electron chi connectivity index (χ1n) is 11.6. The Labute approximate surface area is 215 Å². The number of nitriles is 2. The molecule has 5 aromatic carbocycles. The quantitative estimate of drug-likeness (QED) is 0.241. The van der Waals surface area contributed by atoms with E-state index in [9.17, 15) is 10.5 Å². The van der Waals surface area contributed by atoms with E-state index in [1.54, 1.807) is 22.7 Å². The van der Waals surface area contributed by atoms with Crippen LogP contribution in [0, 0.1) is 22.7 Å². The molecule has 2 nitrogen and oxygen atoms in total. The van der Waals surface area contributed by atoms with Crippen molar-refractivity contribution in [2.24, 2.45) is 0 Å². The Morgan fingerprint density at radius 1 is 0.472 bits per heavy atom. The molecule has 0 unspecified atom stereocenters. The highest BCUT2D eigenvalue weighted by Gasteiger charge is 2.25. The van der Waals surface area contributed by atoms with Crippen LogP contribution in [0.1, 0.15) is 11.1 Å². The minimum Gasteiger partial charge on any atom is -0.192 e. The topological polar surface area (TPSA) is 47.6 Å². The summed E-state index contributed by atoms with van der Waals surface area (Å²) in [6.45, 7) is 0. The van der Waals surface area contributed by atoms with E-state index in [1.165, 1.54) is 20.2 Å². The van der Waals surface area contributed by atoms with Crippen molar-refractivity contribution in [2.75, 3.05) is 0 Å². The fraction of sp³-hybridized carbons (Fsp3) is 0. The van der Waals surface area contributed by atoms with Crippen LogP contribution in [-0.4, -0.2) is 0 Å². The summed E-state index contributed by atoms with van der Waals surface area (Å²) in [5.74, 6) is 0. The molecule has 0 radical (unpaired) electrons. The monoisotopic (exact) mass is 492 g/mol. The van der Waals surface area contributed by atoms with E-state index in [2.05, 4.69) is 72.8 Å². The standard InChI is InChI=1S/C32H16N2S2/c33-17-19-9-1-3-11-21(19)27-29-23-13-5-7-15-25(23)36-32(29)28(22-12-4-2-10-20(22)18-34)30-24-14-6-8-16-26(24)35-31(27)30/h1-16H. The molecule has 2 aromatic heterocycles. The molecular weight excluding hydrogens is 477 g/mol. The highest BCUT2D eigenvalue weighted by atomic mass is 32.1. The van der Waals surface area contributed by atoms with Crippen LogP contribution < -0.4 is 0 Å². The lowest BCUT2D eigenvalue weighted by molar-refractivity contribution is 1.48. The molecular formula is C32H16N2S2. The molecule has 36 heavy (non-hydrogen) atoms. The molecule has 0 atom stereocenters.